The summed E-state index contributed by atoms with van der Waals surface area (Å²) in [6, 6.07) is 2.04. The van der Waals surface area contributed by atoms with E-state index in [1.807, 2.05) is 6.07 Å². The van der Waals surface area contributed by atoms with Gasteiger partial charge in [-0.15, -0.1) is 0 Å². The molecule has 0 unspecified atom stereocenters. The molecule has 1 aliphatic rings. The van der Waals surface area contributed by atoms with E-state index >= 15 is 0 Å². The number of nitrogens with zero attached hydrogens (tertiary/aromatic N) is 1. The summed E-state index contributed by atoms with van der Waals surface area (Å²) >= 11 is 0. The molecular formula is C9H13NO3. The summed E-state index contributed by atoms with van der Waals surface area (Å²) in [5.41, 5.74) is -0.910. The Bertz CT molecular complexity index is 226. The second-order valence-electron chi connectivity index (χ2n) is 3.10. The van der Waals surface area contributed by atoms with Crippen molar-refractivity contribution in [3.05, 3.63) is 0 Å². The molecule has 0 radical (unpaired) electrons. The first kappa shape index (κ1) is 9.85. The second kappa shape index (κ2) is 4.13. The van der Waals surface area contributed by atoms with E-state index in [0.717, 1.165) is 12.8 Å². The van der Waals surface area contributed by atoms with Crippen LogP contribution in [0.2, 0.25) is 0 Å². The van der Waals surface area contributed by atoms with E-state index in [0.29, 0.717) is 12.8 Å². The van der Waals surface area contributed by atoms with Crippen LogP contribution in [0.4, 0.5) is 4.79 Å². The molecule has 0 aliphatic heterocycles. The van der Waals surface area contributed by atoms with Gasteiger partial charge < -0.3 is 9.47 Å². The van der Waals surface area contributed by atoms with Gasteiger partial charge in [0.25, 0.3) is 0 Å². The summed E-state index contributed by atoms with van der Waals surface area (Å²) in [7, 11) is 0. The fourth-order valence-corrected chi connectivity index (χ4v) is 1.49. The van der Waals surface area contributed by atoms with Crippen LogP contribution >= 0.6 is 0 Å². The minimum absolute atomic E-state index is 0.278. The number of rotatable bonds is 2. The molecule has 0 atom stereocenters. The van der Waals surface area contributed by atoms with Crippen LogP contribution in [0.3, 0.4) is 0 Å². The molecule has 1 saturated carbocycles. The topological polar surface area (TPSA) is 59.3 Å². The second-order valence-corrected chi connectivity index (χ2v) is 3.10. The number of carbonyl (C=O) groups is 1. The van der Waals surface area contributed by atoms with E-state index < -0.39 is 11.8 Å². The number of nitriles is 1. The van der Waals surface area contributed by atoms with E-state index in [2.05, 4.69) is 4.74 Å². The van der Waals surface area contributed by atoms with Crippen molar-refractivity contribution in [1.82, 2.24) is 0 Å². The van der Waals surface area contributed by atoms with Gasteiger partial charge in [0, 0.05) is 12.8 Å². The van der Waals surface area contributed by atoms with Gasteiger partial charge in [0.15, 0.2) is 0 Å². The third kappa shape index (κ3) is 2.35. The molecule has 4 heteroatoms. The van der Waals surface area contributed by atoms with Crippen molar-refractivity contribution in [2.45, 2.75) is 38.2 Å². The molecule has 0 spiro atoms. The Morgan fingerprint density at radius 3 is 2.62 bits per heavy atom. The van der Waals surface area contributed by atoms with Crippen molar-refractivity contribution < 1.29 is 14.3 Å². The van der Waals surface area contributed by atoms with Crippen LogP contribution in [0.25, 0.3) is 0 Å². The molecule has 0 heterocycles. The predicted octanol–water partition coefficient (Wildman–Crippen LogP) is 2.00. The quantitative estimate of drug-likeness (QED) is 0.614. The van der Waals surface area contributed by atoms with Gasteiger partial charge in [0.1, 0.15) is 6.07 Å². The maximum atomic E-state index is 11.0. The number of carbonyl (C=O) groups excluding carboxylic acids is 1. The number of hydrogen-bond acceptors (Lipinski definition) is 4. The highest BCUT2D eigenvalue weighted by atomic mass is 16.7. The molecule has 13 heavy (non-hydrogen) atoms. The molecule has 0 aromatic carbocycles. The Kier molecular flexibility index (Phi) is 3.13. The van der Waals surface area contributed by atoms with Gasteiger partial charge in [-0.25, -0.2) is 4.79 Å². The van der Waals surface area contributed by atoms with Crippen molar-refractivity contribution in [2.24, 2.45) is 0 Å². The average molecular weight is 183 g/mol. The van der Waals surface area contributed by atoms with Crippen molar-refractivity contribution in [1.29, 1.82) is 5.26 Å². The number of hydrogen-bond donors (Lipinski definition) is 0. The summed E-state index contributed by atoms with van der Waals surface area (Å²) in [4.78, 5) is 11.0. The van der Waals surface area contributed by atoms with Crippen molar-refractivity contribution in [2.75, 3.05) is 6.61 Å². The van der Waals surface area contributed by atoms with Crippen LogP contribution < -0.4 is 0 Å². The lowest BCUT2D eigenvalue weighted by molar-refractivity contribution is -0.00155. The molecule has 0 aromatic heterocycles. The summed E-state index contributed by atoms with van der Waals surface area (Å²) in [6.45, 7) is 1.98. The summed E-state index contributed by atoms with van der Waals surface area (Å²) in [5, 5.41) is 8.85. The molecule has 0 saturated heterocycles. The molecule has 72 valence electrons. The Morgan fingerprint density at radius 1 is 1.54 bits per heavy atom. The van der Waals surface area contributed by atoms with E-state index in [9.17, 15) is 4.79 Å². The number of ether oxygens (including phenoxy) is 2. The van der Waals surface area contributed by atoms with E-state index in [4.69, 9.17) is 10.00 Å². The summed E-state index contributed by atoms with van der Waals surface area (Å²) < 4.78 is 9.58. The molecule has 0 amide bonds. The van der Waals surface area contributed by atoms with Gasteiger partial charge >= 0.3 is 6.16 Å². The molecule has 1 fully saturated rings. The summed E-state index contributed by atoms with van der Waals surface area (Å²) in [6.07, 6.45) is 2.40. The molecular weight excluding hydrogens is 170 g/mol. The lowest BCUT2D eigenvalue weighted by Gasteiger charge is -2.19. The van der Waals surface area contributed by atoms with Crippen LogP contribution in [0.15, 0.2) is 0 Å². The van der Waals surface area contributed by atoms with Gasteiger partial charge in [-0.1, -0.05) is 0 Å². The molecule has 0 N–H and O–H groups in total. The van der Waals surface area contributed by atoms with Crippen molar-refractivity contribution in [3.63, 3.8) is 0 Å². The lowest BCUT2D eigenvalue weighted by atomic mass is 10.1. The lowest BCUT2D eigenvalue weighted by Crippen LogP contribution is -2.30. The van der Waals surface area contributed by atoms with Crippen LogP contribution in [0.1, 0.15) is 32.6 Å². The Balaban J connectivity index is 2.49. The van der Waals surface area contributed by atoms with E-state index in [1.165, 1.54) is 0 Å². The standard InChI is InChI=1S/C9H13NO3/c1-2-12-8(11)13-9(7-10)5-3-4-6-9/h2-6H2,1H3. The van der Waals surface area contributed by atoms with E-state index in [1.54, 1.807) is 6.92 Å². The van der Waals surface area contributed by atoms with Crippen LogP contribution in [0.5, 0.6) is 0 Å². The minimum atomic E-state index is -0.910. The zero-order valence-electron chi connectivity index (χ0n) is 7.71. The smallest absolute Gasteiger partial charge is 0.435 e. The van der Waals surface area contributed by atoms with Gasteiger partial charge in [-0.05, 0) is 19.8 Å². The zero-order chi connectivity index (χ0) is 9.73. The maximum Gasteiger partial charge on any atom is 0.509 e. The first-order chi connectivity index (χ1) is 6.22. The Morgan fingerprint density at radius 2 is 2.15 bits per heavy atom. The predicted molar refractivity (Wildman–Crippen MR) is 44.9 cm³/mol. The molecule has 4 nitrogen and oxygen atoms in total. The fraction of sp³-hybridized carbons (Fsp3) is 0.778. The maximum absolute atomic E-state index is 11.0. The van der Waals surface area contributed by atoms with Crippen LogP contribution in [0, 0.1) is 11.3 Å². The normalized spacial score (nSPS) is 19.1. The monoisotopic (exact) mass is 183 g/mol. The summed E-state index contributed by atoms with van der Waals surface area (Å²) in [5.74, 6) is 0. The first-order valence-electron chi connectivity index (χ1n) is 4.49. The molecule has 0 bridgehead atoms. The van der Waals surface area contributed by atoms with Gasteiger partial charge in [-0.2, -0.15) is 5.26 Å². The van der Waals surface area contributed by atoms with Crippen LogP contribution in [-0.2, 0) is 9.47 Å². The highest BCUT2D eigenvalue weighted by Gasteiger charge is 2.38. The van der Waals surface area contributed by atoms with Gasteiger partial charge in [-0.3, -0.25) is 0 Å². The Hall–Kier alpha value is -1.24. The van der Waals surface area contributed by atoms with E-state index in [-0.39, 0.29) is 6.61 Å². The third-order valence-corrected chi connectivity index (χ3v) is 2.16. The third-order valence-electron chi connectivity index (χ3n) is 2.16. The van der Waals surface area contributed by atoms with Crippen molar-refractivity contribution >= 4 is 6.16 Å². The molecule has 0 aromatic rings. The highest BCUT2D eigenvalue weighted by Crippen LogP contribution is 2.32. The SMILES string of the molecule is CCOC(=O)OC1(C#N)CCCC1. The molecule has 1 rings (SSSR count). The minimum Gasteiger partial charge on any atom is -0.435 e. The van der Waals surface area contributed by atoms with Crippen LogP contribution in [-0.4, -0.2) is 18.4 Å². The largest absolute Gasteiger partial charge is 0.509 e. The van der Waals surface area contributed by atoms with Gasteiger partial charge in [0.2, 0.25) is 5.60 Å². The zero-order valence-corrected chi connectivity index (χ0v) is 7.71. The average Bonchev–Trinajstić information content (AvgIpc) is 2.54. The van der Waals surface area contributed by atoms with Gasteiger partial charge in [0.05, 0.1) is 6.61 Å². The van der Waals surface area contributed by atoms with Crippen molar-refractivity contribution in [3.8, 4) is 6.07 Å². The fourth-order valence-electron chi connectivity index (χ4n) is 1.49. The molecule has 1 aliphatic carbocycles. The highest BCUT2D eigenvalue weighted by molar-refractivity contribution is 5.61. The Labute approximate surface area is 77.4 Å². The first-order valence-corrected chi connectivity index (χ1v) is 4.49.